The maximum atomic E-state index is 12.3. The molecule has 0 saturated carbocycles. The third kappa shape index (κ3) is 4.19. The summed E-state index contributed by atoms with van der Waals surface area (Å²) in [5, 5.41) is 8.33. The summed E-state index contributed by atoms with van der Waals surface area (Å²) < 4.78 is 29.7. The van der Waals surface area contributed by atoms with Crippen molar-refractivity contribution in [2.45, 2.75) is 17.7 Å². The zero-order chi connectivity index (χ0) is 16.3. The Labute approximate surface area is 142 Å². The topological polar surface area (TPSA) is 73.1 Å². The minimum Gasteiger partial charge on any atom is -0.339 e. The maximum Gasteiger partial charge on any atom is 0.231 e. The Morgan fingerprint density at radius 1 is 1.17 bits per heavy atom. The lowest BCUT2D eigenvalue weighted by Gasteiger charge is -2.02. The lowest BCUT2D eigenvalue weighted by Crippen LogP contribution is -2.10. The van der Waals surface area contributed by atoms with Crippen LogP contribution >= 0.6 is 22.9 Å². The molecule has 0 aliphatic carbocycles. The normalized spacial score (nSPS) is 11.7. The number of sulfone groups is 1. The number of hydrogen-bond donors (Lipinski definition) is 0. The fraction of sp³-hybridized carbons (Fsp3) is 0.200. The minimum atomic E-state index is -3.39. The maximum absolute atomic E-state index is 12.3. The summed E-state index contributed by atoms with van der Waals surface area (Å²) in [7, 11) is -3.39. The minimum absolute atomic E-state index is 0.0773. The average molecular weight is 369 g/mol. The first-order chi connectivity index (χ1) is 11.0. The molecule has 0 unspecified atom stereocenters. The smallest absolute Gasteiger partial charge is 0.231 e. The van der Waals surface area contributed by atoms with Gasteiger partial charge in [0, 0.05) is 11.4 Å². The summed E-state index contributed by atoms with van der Waals surface area (Å²) in [6, 6.07) is 8.09. The summed E-state index contributed by atoms with van der Waals surface area (Å²) in [6.07, 6.45) is 0.762. The molecule has 0 amide bonds. The van der Waals surface area contributed by atoms with Gasteiger partial charge in [-0.05, 0) is 46.7 Å². The number of aryl methyl sites for hydroxylation is 1. The molecular weight excluding hydrogens is 356 g/mol. The fourth-order valence-electron chi connectivity index (χ4n) is 2.02. The molecule has 2 heterocycles. The molecule has 0 bridgehead atoms. The van der Waals surface area contributed by atoms with Crippen LogP contribution in [0.1, 0.15) is 17.3 Å². The molecule has 0 spiro atoms. The Kier molecular flexibility index (Phi) is 4.79. The molecule has 0 aliphatic heterocycles. The van der Waals surface area contributed by atoms with Crippen LogP contribution in [-0.2, 0) is 22.7 Å². The monoisotopic (exact) mass is 368 g/mol. The van der Waals surface area contributed by atoms with Gasteiger partial charge < -0.3 is 4.52 Å². The highest BCUT2D eigenvalue weighted by Gasteiger charge is 2.16. The first-order valence-corrected chi connectivity index (χ1v) is 9.81. The van der Waals surface area contributed by atoms with E-state index in [0.29, 0.717) is 23.2 Å². The Morgan fingerprint density at radius 3 is 2.65 bits per heavy atom. The van der Waals surface area contributed by atoms with E-state index in [-0.39, 0.29) is 17.1 Å². The molecule has 23 heavy (non-hydrogen) atoms. The number of benzene rings is 1. The highest BCUT2D eigenvalue weighted by molar-refractivity contribution is 7.91. The molecule has 3 rings (SSSR count). The van der Waals surface area contributed by atoms with Crippen LogP contribution in [0.15, 0.2) is 50.5 Å². The zero-order valence-electron chi connectivity index (χ0n) is 12.0. The first kappa shape index (κ1) is 16.2. The second-order valence-electron chi connectivity index (χ2n) is 4.94. The van der Waals surface area contributed by atoms with Crippen LogP contribution in [0, 0.1) is 0 Å². The SMILES string of the molecule is O=S(=O)(CCc1noc(Cc2ccsc2)n1)c1ccc(Cl)cc1. The highest BCUT2D eigenvalue weighted by atomic mass is 35.5. The Morgan fingerprint density at radius 2 is 1.96 bits per heavy atom. The van der Waals surface area contributed by atoms with E-state index in [1.54, 1.807) is 23.5 Å². The quantitative estimate of drug-likeness (QED) is 0.666. The van der Waals surface area contributed by atoms with Crippen LogP contribution < -0.4 is 0 Å². The van der Waals surface area contributed by atoms with Gasteiger partial charge in [0.2, 0.25) is 5.89 Å². The van der Waals surface area contributed by atoms with Crippen molar-refractivity contribution in [2.75, 3.05) is 5.75 Å². The van der Waals surface area contributed by atoms with Gasteiger partial charge in [0.05, 0.1) is 17.1 Å². The molecular formula is C15H13ClN2O3S2. The number of thiophene rings is 1. The molecule has 0 saturated heterocycles. The summed E-state index contributed by atoms with van der Waals surface area (Å²) >= 11 is 7.37. The third-order valence-electron chi connectivity index (χ3n) is 3.21. The number of halogens is 1. The molecule has 1 aromatic carbocycles. The van der Waals surface area contributed by atoms with Crippen LogP contribution in [0.25, 0.3) is 0 Å². The Bertz CT molecular complexity index is 872. The van der Waals surface area contributed by atoms with E-state index in [2.05, 4.69) is 10.1 Å². The van der Waals surface area contributed by atoms with E-state index in [1.807, 2.05) is 16.8 Å². The van der Waals surface area contributed by atoms with E-state index in [1.165, 1.54) is 12.1 Å². The molecule has 0 N–H and O–H groups in total. The largest absolute Gasteiger partial charge is 0.339 e. The zero-order valence-corrected chi connectivity index (χ0v) is 14.4. The van der Waals surface area contributed by atoms with Crippen LogP contribution in [0.2, 0.25) is 5.02 Å². The second-order valence-corrected chi connectivity index (χ2v) is 8.26. The number of nitrogens with zero attached hydrogens (tertiary/aromatic N) is 2. The predicted molar refractivity (Wildman–Crippen MR) is 88.6 cm³/mol. The molecule has 8 heteroatoms. The molecule has 3 aromatic rings. The van der Waals surface area contributed by atoms with E-state index < -0.39 is 9.84 Å². The summed E-state index contributed by atoms with van der Waals surface area (Å²) in [5.41, 5.74) is 1.10. The van der Waals surface area contributed by atoms with Crippen molar-refractivity contribution in [1.82, 2.24) is 10.1 Å². The summed E-state index contributed by atoms with van der Waals surface area (Å²) in [4.78, 5) is 4.48. The van der Waals surface area contributed by atoms with Crippen molar-refractivity contribution in [3.8, 4) is 0 Å². The van der Waals surface area contributed by atoms with E-state index in [9.17, 15) is 8.42 Å². The van der Waals surface area contributed by atoms with Gasteiger partial charge in [0.15, 0.2) is 15.7 Å². The average Bonchev–Trinajstić information content (AvgIpc) is 3.18. The molecule has 0 atom stereocenters. The predicted octanol–water partition coefficient (Wildman–Crippen LogP) is 3.39. The molecule has 0 radical (unpaired) electrons. The second kappa shape index (κ2) is 6.82. The van der Waals surface area contributed by atoms with Crippen molar-refractivity contribution in [3.63, 3.8) is 0 Å². The molecule has 5 nitrogen and oxygen atoms in total. The van der Waals surface area contributed by atoms with Gasteiger partial charge >= 0.3 is 0 Å². The molecule has 2 aromatic heterocycles. The van der Waals surface area contributed by atoms with Gasteiger partial charge in [-0.25, -0.2) is 8.42 Å². The van der Waals surface area contributed by atoms with Gasteiger partial charge in [-0.15, -0.1) is 0 Å². The van der Waals surface area contributed by atoms with Crippen LogP contribution in [0.4, 0.5) is 0 Å². The van der Waals surface area contributed by atoms with Gasteiger partial charge in [-0.3, -0.25) is 0 Å². The van der Waals surface area contributed by atoms with E-state index in [4.69, 9.17) is 16.1 Å². The van der Waals surface area contributed by atoms with E-state index >= 15 is 0 Å². The third-order valence-corrected chi connectivity index (χ3v) is 5.93. The number of rotatable bonds is 6. The van der Waals surface area contributed by atoms with Crippen LogP contribution in [0.3, 0.4) is 0 Å². The molecule has 120 valence electrons. The van der Waals surface area contributed by atoms with Crippen LogP contribution in [0.5, 0.6) is 0 Å². The van der Waals surface area contributed by atoms with Gasteiger partial charge in [0.25, 0.3) is 0 Å². The number of hydrogen-bond acceptors (Lipinski definition) is 6. The standard InChI is InChI=1S/C15H13ClN2O3S2/c16-12-1-3-13(4-2-12)23(19,20)8-6-14-17-15(21-18-14)9-11-5-7-22-10-11/h1-5,7,10H,6,8-9H2. The summed E-state index contributed by atoms with van der Waals surface area (Å²) in [6.45, 7) is 0. The van der Waals surface area contributed by atoms with Crippen molar-refractivity contribution in [1.29, 1.82) is 0 Å². The number of aromatic nitrogens is 2. The Hall–Kier alpha value is -1.70. The van der Waals surface area contributed by atoms with Gasteiger partial charge in [-0.1, -0.05) is 16.8 Å². The molecule has 0 fully saturated rings. The molecule has 0 aliphatic rings. The van der Waals surface area contributed by atoms with Gasteiger partial charge in [0.1, 0.15) is 0 Å². The van der Waals surface area contributed by atoms with Gasteiger partial charge in [-0.2, -0.15) is 16.3 Å². The van der Waals surface area contributed by atoms with Crippen molar-refractivity contribution in [3.05, 3.63) is 63.4 Å². The van der Waals surface area contributed by atoms with Crippen molar-refractivity contribution >= 4 is 32.8 Å². The van der Waals surface area contributed by atoms with Crippen LogP contribution in [-0.4, -0.2) is 24.3 Å². The van der Waals surface area contributed by atoms with Crippen molar-refractivity contribution in [2.24, 2.45) is 0 Å². The lowest BCUT2D eigenvalue weighted by atomic mass is 10.2. The first-order valence-electron chi connectivity index (χ1n) is 6.84. The fourth-order valence-corrected chi connectivity index (χ4v) is 4.05. The van der Waals surface area contributed by atoms with Crippen molar-refractivity contribution < 1.29 is 12.9 Å². The lowest BCUT2D eigenvalue weighted by molar-refractivity contribution is 0.380. The summed E-state index contributed by atoms with van der Waals surface area (Å²) in [5.74, 6) is 0.807. The Balaban J connectivity index is 1.64. The van der Waals surface area contributed by atoms with E-state index in [0.717, 1.165) is 5.56 Å². The highest BCUT2D eigenvalue weighted by Crippen LogP contribution is 2.16.